The molecule has 3 unspecified atom stereocenters. The number of likely N-dealkylation sites (N-methyl/N-ethyl adjacent to an activating group) is 1. The first kappa shape index (κ1) is 17.5. The number of hydrogen-bond acceptors (Lipinski definition) is 4. The highest BCUT2D eigenvalue weighted by Crippen LogP contribution is 2.35. The molecule has 2 fully saturated rings. The predicted molar refractivity (Wildman–Crippen MR) is 87.6 cm³/mol. The van der Waals surface area contributed by atoms with Crippen LogP contribution in [0.2, 0.25) is 0 Å². The summed E-state index contributed by atoms with van der Waals surface area (Å²) >= 11 is 0. The molecule has 0 spiro atoms. The first-order chi connectivity index (χ1) is 10.2. The molecule has 0 bridgehead atoms. The molecule has 3 atom stereocenters. The summed E-state index contributed by atoms with van der Waals surface area (Å²) in [5.74, 6) is 0.911. The Morgan fingerprint density at radius 2 is 2.05 bits per heavy atom. The first-order valence-electron chi connectivity index (χ1n) is 8.15. The second-order valence-corrected chi connectivity index (χ2v) is 9.48. The van der Waals surface area contributed by atoms with Crippen LogP contribution in [0.3, 0.4) is 0 Å². The van der Waals surface area contributed by atoms with Crippen molar-refractivity contribution in [3.63, 3.8) is 0 Å². The molecule has 128 valence electrons. The van der Waals surface area contributed by atoms with E-state index in [1.54, 1.807) is 0 Å². The van der Waals surface area contributed by atoms with Gasteiger partial charge in [-0.3, -0.25) is 0 Å². The van der Waals surface area contributed by atoms with Gasteiger partial charge in [-0.1, -0.05) is 19.8 Å². The smallest absolute Gasteiger partial charge is 0.315 e. The van der Waals surface area contributed by atoms with Crippen LogP contribution in [-0.2, 0) is 9.84 Å². The van der Waals surface area contributed by atoms with Crippen LogP contribution in [0.25, 0.3) is 0 Å². The maximum atomic E-state index is 12.1. The zero-order valence-corrected chi connectivity index (χ0v) is 14.7. The van der Waals surface area contributed by atoms with Crippen LogP contribution in [0.5, 0.6) is 0 Å². The lowest BCUT2D eigenvalue weighted by Crippen LogP contribution is -2.56. The second-order valence-electron chi connectivity index (χ2n) is 7.25. The van der Waals surface area contributed by atoms with E-state index in [1.807, 2.05) is 0 Å². The molecule has 0 aromatic heterocycles. The largest absolute Gasteiger partial charge is 0.336 e. The van der Waals surface area contributed by atoms with Crippen molar-refractivity contribution in [1.82, 2.24) is 15.5 Å². The molecular weight excluding hydrogens is 302 g/mol. The van der Waals surface area contributed by atoms with Gasteiger partial charge in [-0.05, 0) is 39.3 Å². The lowest BCUT2D eigenvalue weighted by atomic mass is 9.75. The normalized spacial score (nSPS) is 34.5. The minimum absolute atomic E-state index is 0.0107. The van der Waals surface area contributed by atoms with Gasteiger partial charge in [0.25, 0.3) is 0 Å². The molecule has 0 aromatic rings. The number of rotatable bonds is 4. The van der Waals surface area contributed by atoms with Crippen molar-refractivity contribution in [2.24, 2.45) is 5.92 Å². The highest BCUT2D eigenvalue weighted by Gasteiger charge is 2.37. The Balaban J connectivity index is 1.86. The van der Waals surface area contributed by atoms with Gasteiger partial charge in [0.1, 0.15) is 0 Å². The molecule has 1 aliphatic heterocycles. The molecule has 7 heteroatoms. The number of hydrogen-bond donors (Lipinski definition) is 2. The summed E-state index contributed by atoms with van der Waals surface area (Å²) in [4.78, 5) is 14.3. The van der Waals surface area contributed by atoms with Crippen molar-refractivity contribution in [1.29, 1.82) is 0 Å². The summed E-state index contributed by atoms with van der Waals surface area (Å²) in [6, 6.07) is -0.493. The third-order valence-electron chi connectivity index (χ3n) is 5.16. The molecule has 1 saturated heterocycles. The molecule has 22 heavy (non-hydrogen) atoms. The van der Waals surface area contributed by atoms with Gasteiger partial charge in [0, 0.05) is 18.1 Å². The van der Waals surface area contributed by atoms with Gasteiger partial charge in [0.05, 0.1) is 11.5 Å². The minimum atomic E-state index is -2.96. The van der Waals surface area contributed by atoms with Crippen molar-refractivity contribution in [2.45, 2.75) is 50.6 Å². The Morgan fingerprint density at radius 1 is 1.32 bits per heavy atom. The maximum absolute atomic E-state index is 12.1. The summed E-state index contributed by atoms with van der Waals surface area (Å²) in [5.41, 5.74) is 0.0107. The SMILES string of the molecule is CC1CCCC(CNC(=O)NC2CCS(=O)(=O)C2)(N(C)C)C1. The van der Waals surface area contributed by atoms with Crippen LogP contribution in [0, 0.1) is 5.92 Å². The highest BCUT2D eigenvalue weighted by atomic mass is 32.2. The molecule has 2 aliphatic rings. The van der Waals surface area contributed by atoms with Crippen molar-refractivity contribution < 1.29 is 13.2 Å². The molecule has 2 rings (SSSR count). The summed E-state index contributed by atoms with van der Waals surface area (Å²) in [5, 5.41) is 5.76. The van der Waals surface area contributed by atoms with E-state index in [1.165, 1.54) is 12.8 Å². The number of urea groups is 1. The lowest BCUT2D eigenvalue weighted by Gasteiger charge is -2.45. The Bertz CT molecular complexity index is 506. The topological polar surface area (TPSA) is 78.5 Å². The third kappa shape index (κ3) is 4.35. The number of nitrogens with zero attached hydrogens (tertiary/aromatic N) is 1. The minimum Gasteiger partial charge on any atom is -0.336 e. The van der Waals surface area contributed by atoms with E-state index in [2.05, 4.69) is 36.6 Å². The fourth-order valence-electron chi connectivity index (χ4n) is 3.75. The van der Waals surface area contributed by atoms with E-state index in [4.69, 9.17) is 0 Å². The van der Waals surface area contributed by atoms with Crippen LogP contribution in [0.1, 0.15) is 39.0 Å². The Morgan fingerprint density at radius 3 is 2.59 bits per heavy atom. The molecular formula is C15H29N3O3S. The van der Waals surface area contributed by atoms with Gasteiger partial charge in [-0.25, -0.2) is 13.2 Å². The summed E-state index contributed by atoms with van der Waals surface area (Å²) in [7, 11) is 1.18. The molecule has 2 N–H and O–H groups in total. The molecule has 1 heterocycles. The molecule has 0 radical (unpaired) electrons. The van der Waals surface area contributed by atoms with E-state index in [9.17, 15) is 13.2 Å². The van der Waals surface area contributed by atoms with Gasteiger partial charge in [0.15, 0.2) is 9.84 Å². The lowest BCUT2D eigenvalue weighted by molar-refractivity contribution is 0.0772. The van der Waals surface area contributed by atoms with E-state index in [-0.39, 0.29) is 29.1 Å². The standard InChI is InChI=1S/C15H29N3O3S/c1-12-5-4-7-15(9-12,18(2)3)11-16-14(19)17-13-6-8-22(20,21)10-13/h12-13H,4-11H2,1-3H3,(H2,16,17,19). The Labute approximate surface area is 133 Å². The van der Waals surface area contributed by atoms with Crippen LogP contribution in [0.4, 0.5) is 4.79 Å². The average Bonchev–Trinajstić information content (AvgIpc) is 2.75. The fourth-order valence-corrected chi connectivity index (χ4v) is 5.42. The quantitative estimate of drug-likeness (QED) is 0.805. The molecule has 2 amide bonds. The highest BCUT2D eigenvalue weighted by molar-refractivity contribution is 7.91. The Kier molecular flexibility index (Phi) is 5.37. The number of amides is 2. The number of carbonyl (C=O) groups is 1. The zero-order chi connectivity index (χ0) is 16.4. The number of nitrogens with one attached hydrogen (secondary N) is 2. The van der Waals surface area contributed by atoms with E-state index in [0.717, 1.165) is 12.8 Å². The second kappa shape index (κ2) is 6.74. The zero-order valence-electron chi connectivity index (χ0n) is 13.9. The van der Waals surface area contributed by atoms with Crippen LogP contribution in [-0.4, -0.2) is 63.1 Å². The number of sulfone groups is 1. The average molecular weight is 331 g/mol. The van der Waals surface area contributed by atoms with Crippen molar-refractivity contribution in [2.75, 3.05) is 32.1 Å². The molecule has 1 saturated carbocycles. The van der Waals surface area contributed by atoms with Gasteiger partial charge in [-0.15, -0.1) is 0 Å². The third-order valence-corrected chi connectivity index (χ3v) is 6.93. The molecule has 1 aliphatic carbocycles. The summed E-state index contributed by atoms with van der Waals surface area (Å²) in [6.45, 7) is 2.87. The summed E-state index contributed by atoms with van der Waals surface area (Å²) < 4.78 is 22.9. The van der Waals surface area contributed by atoms with E-state index in [0.29, 0.717) is 18.9 Å². The molecule has 0 aromatic carbocycles. The summed E-state index contributed by atoms with van der Waals surface area (Å²) in [6.07, 6.45) is 5.12. The predicted octanol–water partition coefficient (Wildman–Crippen LogP) is 0.983. The van der Waals surface area contributed by atoms with Gasteiger partial charge in [-0.2, -0.15) is 0 Å². The first-order valence-corrected chi connectivity index (χ1v) is 9.97. The monoisotopic (exact) mass is 331 g/mol. The van der Waals surface area contributed by atoms with Crippen molar-refractivity contribution in [3.8, 4) is 0 Å². The number of carbonyl (C=O) groups excluding carboxylic acids is 1. The van der Waals surface area contributed by atoms with Crippen LogP contribution in [0.15, 0.2) is 0 Å². The fraction of sp³-hybridized carbons (Fsp3) is 0.933. The van der Waals surface area contributed by atoms with Crippen LogP contribution < -0.4 is 10.6 Å². The van der Waals surface area contributed by atoms with Gasteiger partial charge >= 0.3 is 6.03 Å². The van der Waals surface area contributed by atoms with Crippen LogP contribution >= 0.6 is 0 Å². The Hall–Kier alpha value is -0.820. The van der Waals surface area contributed by atoms with E-state index < -0.39 is 9.84 Å². The van der Waals surface area contributed by atoms with Gasteiger partial charge in [0.2, 0.25) is 0 Å². The maximum Gasteiger partial charge on any atom is 0.315 e. The van der Waals surface area contributed by atoms with Crippen molar-refractivity contribution in [3.05, 3.63) is 0 Å². The van der Waals surface area contributed by atoms with Crippen molar-refractivity contribution >= 4 is 15.9 Å². The van der Waals surface area contributed by atoms with Gasteiger partial charge < -0.3 is 15.5 Å². The molecule has 6 nitrogen and oxygen atoms in total. The van der Waals surface area contributed by atoms with E-state index >= 15 is 0 Å².